The minimum Gasteiger partial charge on any atom is -0.357 e. The Morgan fingerprint density at radius 1 is 1.32 bits per heavy atom. The highest BCUT2D eigenvalue weighted by atomic mass is 19.1. The van der Waals surface area contributed by atoms with E-state index in [0.717, 1.165) is 38.3 Å². The van der Waals surface area contributed by atoms with Crippen molar-refractivity contribution in [3.63, 3.8) is 0 Å². The zero-order chi connectivity index (χ0) is 19.8. The highest BCUT2D eigenvalue weighted by molar-refractivity contribution is 5.80. The van der Waals surface area contributed by atoms with Crippen molar-refractivity contribution in [2.75, 3.05) is 24.5 Å². The number of nitrogens with zero attached hydrogens (tertiary/aromatic N) is 4. The largest absolute Gasteiger partial charge is 0.357 e. The van der Waals surface area contributed by atoms with Crippen LogP contribution in [0.4, 0.5) is 10.2 Å². The molecule has 1 aliphatic rings. The van der Waals surface area contributed by atoms with E-state index in [1.54, 1.807) is 6.07 Å². The molecule has 1 aromatic carbocycles. The summed E-state index contributed by atoms with van der Waals surface area (Å²) < 4.78 is 14.0. The lowest BCUT2D eigenvalue weighted by Crippen LogP contribution is -2.48. The van der Waals surface area contributed by atoms with Gasteiger partial charge in [0.1, 0.15) is 11.6 Å². The van der Waals surface area contributed by atoms with Crippen molar-refractivity contribution in [1.29, 1.82) is 5.26 Å². The Bertz CT molecular complexity index is 838. The number of guanidine groups is 1. The summed E-state index contributed by atoms with van der Waals surface area (Å²) in [6.45, 7) is 4.75. The second kappa shape index (κ2) is 9.70. The summed E-state index contributed by atoms with van der Waals surface area (Å²) in [6.07, 6.45) is 3.76. The van der Waals surface area contributed by atoms with Gasteiger partial charge in [0.25, 0.3) is 0 Å². The molecule has 3 rings (SSSR count). The monoisotopic (exact) mass is 380 g/mol. The summed E-state index contributed by atoms with van der Waals surface area (Å²) in [6, 6.07) is 12.6. The summed E-state index contributed by atoms with van der Waals surface area (Å²) in [5, 5.41) is 15.7. The molecule has 7 heteroatoms. The predicted molar refractivity (Wildman–Crippen MR) is 109 cm³/mol. The average Bonchev–Trinajstić information content (AvgIpc) is 2.74. The van der Waals surface area contributed by atoms with Crippen LogP contribution in [0.5, 0.6) is 0 Å². The molecular weight excluding hydrogens is 355 g/mol. The van der Waals surface area contributed by atoms with Gasteiger partial charge in [0.15, 0.2) is 5.96 Å². The zero-order valence-electron chi connectivity index (χ0n) is 16.0. The van der Waals surface area contributed by atoms with Gasteiger partial charge in [-0.2, -0.15) is 5.26 Å². The van der Waals surface area contributed by atoms with Gasteiger partial charge in [-0.1, -0.05) is 6.07 Å². The summed E-state index contributed by atoms with van der Waals surface area (Å²) in [5.41, 5.74) is 0.854. The maximum absolute atomic E-state index is 14.0. The van der Waals surface area contributed by atoms with E-state index in [1.807, 2.05) is 37.4 Å². The minimum atomic E-state index is -0.345. The van der Waals surface area contributed by atoms with Gasteiger partial charge in [0.2, 0.25) is 0 Å². The lowest BCUT2D eigenvalue weighted by molar-refractivity contribution is 0.459. The summed E-state index contributed by atoms with van der Waals surface area (Å²) in [4.78, 5) is 11.2. The Balaban J connectivity index is 1.59. The summed E-state index contributed by atoms with van der Waals surface area (Å²) in [5.74, 6) is 1.33. The zero-order valence-corrected chi connectivity index (χ0v) is 16.0. The molecule has 0 unspecified atom stereocenters. The number of pyridine rings is 1. The molecular formula is C21H25FN6. The number of hydrogen-bond donors (Lipinski definition) is 2. The van der Waals surface area contributed by atoms with E-state index in [1.165, 1.54) is 12.1 Å². The van der Waals surface area contributed by atoms with Crippen LogP contribution in [-0.4, -0.2) is 36.6 Å². The molecule has 0 saturated carbocycles. The molecule has 1 aromatic heterocycles. The summed E-state index contributed by atoms with van der Waals surface area (Å²) in [7, 11) is 0. The Morgan fingerprint density at radius 2 is 2.14 bits per heavy atom. The van der Waals surface area contributed by atoms with Crippen molar-refractivity contribution in [2.45, 2.75) is 32.4 Å². The first-order valence-corrected chi connectivity index (χ1v) is 9.59. The van der Waals surface area contributed by atoms with Crippen LogP contribution < -0.4 is 15.5 Å². The van der Waals surface area contributed by atoms with Crippen LogP contribution in [0.3, 0.4) is 0 Å². The van der Waals surface area contributed by atoms with Crippen LogP contribution in [0.2, 0.25) is 0 Å². The molecule has 0 atom stereocenters. The highest BCUT2D eigenvalue weighted by Gasteiger charge is 2.20. The number of piperidine rings is 1. The van der Waals surface area contributed by atoms with Gasteiger partial charge in [0.05, 0.1) is 18.2 Å². The van der Waals surface area contributed by atoms with E-state index < -0.39 is 0 Å². The Kier molecular flexibility index (Phi) is 6.79. The van der Waals surface area contributed by atoms with E-state index in [-0.39, 0.29) is 12.4 Å². The van der Waals surface area contributed by atoms with Gasteiger partial charge < -0.3 is 15.5 Å². The van der Waals surface area contributed by atoms with Crippen molar-refractivity contribution in [3.8, 4) is 6.07 Å². The lowest BCUT2D eigenvalue weighted by atomic mass is 10.1. The topological polar surface area (TPSA) is 76.3 Å². The fraction of sp³-hybridized carbons (Fsp3) is 0.381. The number of nitriles is 1. The number of anilines is 1. The third-order valence-corrected chi connectivity index (χ3v) is 4.74. The van der Waals surface area contributed by atoms with Gasteiger partial charge in [-0.3, -0.25) is 0 Å². The molecule has 0 amide bonds. The van der Waals surface area contributed by atoms with Gasteiger partial charge in [-0.15, -0.1) is 0 Å². The van der Waals surface area contributed by atoms with Crippen LogP contribution in [-0.2, 0) is 6.54 Å². The lowest BCUT2D eigenvalue weighted by Gasteiger charge is -2.33. The standard InChI is InChI=1S/C21H25FN6/c1-2-24-21(26-15-17-13-16(14-23)6-7-19(17)22)27-18-8-11-28(12-9-18)20-5-3-4-10-25-20/h3-7,10,13,18H,2,8-9,11-12,15H2,1H3,(H2,24,26,27). The fourth-order valence-corrected chi connectivity index (χ4v) is 3.24. The van der Waals surface area contributed by atoms with Crippen molar-refractivity contribution in [2.24, 2.45) is 4.99 Å². The Morgan fingerprint density at radius 3 is 2.82 bits per heavy atom. The molecule has 0 radical (unpaired) electrons. The normalized spacial score (nSPS) is 15.2. The molecule has 2 N–H and O–H groups in total. The molecule has 0 aliphatic carbocycles. The molecule has 0 spiro atoms. The van der Waals surface area contributed by atoms with Gasteiger partial charge in [-0.05, 0) is 50.1 Å². The number of hydrogen-bond acceptors (Lipinski definition) is 4. The minimum absolute atomic E-state index is 0.184. The number of rotatable bonds is 5. The molecule has 1 fully saturated rings. The summed E-state index contributed by atoms with van der Waals surface area (Å²) >= 11 is 0. The third-order valence-electron chi connectivity index (χ3n) is 4.74. The molecule has 2 aromatic rings. The quantitative estimate of drug-likeness (QED) is 0.616. The Labute approximate surface area is 165 Å². The maximum atomic E-state index is 14.0. The smallest absolute Gasteiger partial charge is 0.191 e. The number of halogens is 1. The molecule has 146 valence electrons. The van der Waals surface area contributed by atoms with Gasteiger partial charge in [0, 0.05) is 37.4 Å². The van der Waals surface area contributed by atoms with Gasteiger partial charge >= 0.3 is 0 Å². The van der Waals surface area contributed by atoms with Crippen LogP contribution in [0, 0.1) is 17.1 Å². The number of nitrogens with one attached hydrogen (secondary N) is 2. The highest BCUT2D eigenvalue weighted by Crippen LogP contribution is 2.17. The van der Waals surface area contributed by atoms with Crippen LogP contribution >= 0.6 is 0 Å². The average molecular weight is 380 g/mol. The van der Waals surface area contributed by atoms with E-state index in [2.05, 4.69) is 25.5 Å². The molecule has 0 bridgehead atoms. The first kappa shape index (κ1) is 19.6. The van der Waals surface area contributed by atoms with Crippen molar-refractivity contribution in [3.05, 3.63) is 59.5 Å². The van der Waals surface area contributed by atoms with E-state index in [9.17, 15) is 4.39 Å². The third kappa shape index (κ3) is 5.19. The maximum Gasteiger partial charge on any atom is 0.191 e. The van der Waals surface area contributed by atoms with E-state index in [0.29, 0.717) is 23.1 Å². The number of benzene rings is 1. The predicted octanol–water partition coefficient (Wildman–Crippen LogP) is 2.82. The molecule has 6 nitrogen and oxygen atoms in total. The fourth-order valence-electron chi connectivity index (χ4n) is 3.24. The van der Waals surface area contributed by atoms with Crippen molar-refractivity contribution in [1.82, 2.24) is 15.6 Å². The van der Waals surface area contributed by atoms with Crippen molar-refractivity contribution < 1.29 is 4.39 Å². The Hall–Kier alpha value is -3.14. The first-order valence-electron chi connectivity index (χ1n) is 9.59. The van der Waals surface area contributed by atoms with Crippen LogP contribution in [0.1, 0.15) is 30.9 Å². The number of aliphatic imine (C=N–C) groups is 1. The first-order chi connectivity index (χ1) is 13.7. The molecule has 1 saturated heterocycles. The SMILES string of the molecule is CCNC(=NCc1cc(C#N)ccc1F)NC1CCN(c2ccccn2)CC1. The van der Waals surface area contributed by atoms with Crippen LogP contribution in [0.15, 0.2) is 47.6 Å². The molecule has 2 heterocycles. The van der Waals surface area contributed by atoms with Gasteiger partial charge in [-0.25, -0.2) is 14.4 Å². The van der Waals surface area contributed by atoms with Crippen molar-refractivity contribution >= 4 is 11.8 Å². The number of aromatic nitrogens is 1. The van der Waals surface area contributed by atoms with Crippen LogP contribution in [0.25, 0.3) is 0 Å². The molecule has 1 aliphatic heterocycles. The van der Waals surface area contributed by atoms with E-state index in [4.69, 9.17) is 5.26 Å². The van der Waals surface area contributed by atoms with E-state index >= 15 is 0 Å². The second-order valence-corrected chi connectivity index (χ2v) is 6.71. The second-order valence-electron chi connectivity index (χ2n) is 6.71. The molecule has 28 heavy (non-hydrogen) atoms.